The molecule has 7 rings (SSSR count). The van der Waals surface area contributed by atoms with Gasteiger partial charge in [0.2, 0.25) is 5.69 Å². The molecule has 576 valence electrons. The third-order valence-corrected chi connectivity index (χ3v) is 18.1. The van der Waals surface area contributed by atoms with Crippen molar-refractivity contribution in [3.63, 3.8) is 0 Å². The first-order valence-corrected chi connectivity index (χ1v) is 40.0. The molecule has 1 atom stereocenters. The van der Waals surface area contributed by atoms with Gasteiger partial charge in [0.25, 0.3) is 0 Å². The van der Waals surface area contributed by atoms with Crippen molar-refractivity contribution in [3.8, 4) is 0 Å². The number of nitrogens with one attached hydrogen (secondary N) is 1. The maximum atomic E-state index is 11.8. The highest BCUT2D eigenvalue weighted by Gasteiger charge is 2.32. The van der Waals surface area contributed by atoms with Gasteiger partial charge in [-0.05, 0) is 230 Å². The maximum Gasteiger partial charge on any atom is 0.222 e. The molecule has 1 N–H and O–H groups in total. The fourth-order valence-electron chi connectivity index (χ4n) is 12.7. The Balaban J connectivity index is 0.000000415. The van der Waals surface area contributed by atoms with Crippen LogP contribution in [0.4, 0.5) is 0 Å². The number of carbonyl (C=O) groups is 2. The summed E-state index contributed by atoms with van der Waals surface area (Å²) in [4.78, 5) is 46.9. The van der Waals surface area contributed by atoms with Crippen LogP contribution in [0.25, 0.3) is 11.0 Å². The van der Waals surface area contributed by atoms with Crippen LogP contribution >= 0.6 is 0 Å². The van der Waals surface area contributed by atoms with E-state index in [-0.39, 0.29) is 28.1 Å². The highest BCUT2D eigenvalue weighted by molar-refractivity contribution is 5.83. The van der Waals surface area contributed by atoms with Crippen molar-refractivity contribution in [1.29, 1.82) is 0 Å². The van der Waals surface area contributed by atoms with Gasteiger partial charge in [0, 0.05) is 71.6 Å². The van der Waals surface area contributed by atoms with Gasteiger partial charge < -0.3 is 9.80 Å². The number of aromatic amines is 1. The van der Waals surface area contributed by atoms with E-state index in [0.717, 1.165) is 108 Å². The number of H-pyrrole nitrogens is 1. The number of carbonyl (C=O) groups excluding carboxylic acids is 2. The molecule has 2 saturated heterocycles. The van der Waals surface area contributed by atoms with Gasteiger partial charge in [0.15, 0.2) is 5.69 Å². The highest BCUT2D eigenvalue weighted by Crippen LogP contribution is 2.30. The number of ketones is 2. The number of likely N-dealkylation sites (tertiary alicyclic amines) is 2. The molecule has 13 heteroatoms. The summed E-state index contributed by atoms with van der Waals surface area (Å²) in [5.41, 5.74) is 15.7. The second-order valence-corrected chi connectivity index (χ2v) is 39.1. The number of pyridine rings is 1. The monoisotopic (exact) mass is 1400 g/mol. The van der Waals surface area contributed by atoms with Crippen LogP contribution in [0, 0.1) is 69.0 Å². The minimum absolute atomic E-state index is 0.206. The third kappa shape index (κ3) is 36.2. The van der Waals surface area contributed by atoms with Gasteiger partial charge in [0.1, 0.15) is 17.6 Å². The first kappa shape index (κ1) is 92.3. The lowest BCUT2D eigenvalue weighted by Crippen LogP contribution is -2.40. The first-order valence-electron chi connectivity index (χ1n) is 40.0. The summed E-state index contributed by atoms with van der Waals surface area (Å²) in [6.07, 6.45) is 11.4. The van der Waals surface area contributed by atoms with E-state index in [9.17, 15) is 9.59 Å². The van der Waals surface area contributed by atoms with Crippen molar-refractivity contribution in [3.05, 3.63) is 87.0 Å². The molecule has 4 aromatic heterocycles. The number of hydrogen-bond donors (Lipinski definition) is 0. The van der Waals surface area contributed by atoms with Crippen LogP contribution in [0.15, 0.2) is 30.3 Å². The average molecular weight is 1400 g/mol. The first-order chi connectivity index (χ1) is 46.2. The molecule has 1 aromatic carbocycles. The predicted octanol–water partition coefficient (Wildman–Crippen LogP) is 21.5. The molecule has 0 radical (unpaired) electrons. The van der Waals surface area contributed by atoms with E-state index in [2.05, 4.69) is 277 Å². The molecule has 101 heavy (non-hydrogen) atoms. The Labute approximate surface area is 621 Å². The van der Waals surface area contributed by atoms with E-state index in [0.29, 0.717) is 88.5 Å². The summed E-state index contributed by atoms with van der Waals surface area (Å²) in [5.74, 6) is 5.64. The van der Waals surface area contributed by atoms with E-state index in [1.165, 1.54) is 56.7 Å². The van der Waals surface area contributed by atoms with Crippen LogP contribution in [0.3, 0.4) is 0 Å². The summed E-state index contributed by atoms with van der Waals surface area (Å²) in [6, 6.07) is 13.1. The van der Waals surface area contributed by atoms with E-state index in [1.807, 2.05) is 37.3 Å². The molecule has 2 aliphatic rings. The quantitative estimate of drug-likeness (QED) is 0.0657. The molecule has 13 nitrogen and oxygen atoms in total. The van der Waals surface area contributed by atoms with Crippen LogP contribution in [0.5, 0.6) is 0 Å². The number of piperidine rings is 1. The van der Waals surface area contributed by atoms with Crippen molar-refractivity contribution in [2.24, 2.45) is 69.0 Å². The molecule has 0 aliphatic carbocycles. The highest BCUT2D eigenvalue weighted by atomic mass is 16.1. The Hall–Kier alpha value is -4.75. The zero-order valence-corrected chi connectivity index (χ0v) is 72.4. The normalized spacial score (nSPS) is 15.3. The van der Waals surface area contributed by atoms with Crippen molar-refractivity contribution >= 4 is 22.6 Å². The Bertz CT molecular complexity index is 3120. The molecular weight excluding hydrogens is 1240 g/mol. The zero-order valence-electron chi connectivity index (χ0n) is 72.4. The molecule has 6 heterocycles. The average Bonchev–Trinajstić information content (AvgIpc) is 1.49. The maximum absolute atomic E-state index is 11.8. The van der Waals surface area contributed by atoms with E-state index in [4.69, 9.17) is 20.1 Å². The molecule has 0 spiro atoms. The minimum Gasteiger partial charge on any atom is -0.301 e. The number of fused-ring (bicyclic) bond motifs is 1. The number of hydrogen-bond acceptors (Lipinski definition) is 10. The largest absolute Gasteiger partial charge is 0.301 e. The molecule has 0 saturated carbocycles. The summed E-state index contributed by atoms with van der Waals surface area (Å²) in [7, 11) is 0. The van der Waals surface area contributed by atoms with Gasteiger partial charge in [-0.15, -0.1) is 0 Å². The molecule has 2 aliphatic heterocycles. The van der Waals surface area contributed by atoms with Crippen LogP contribution in [-0.4, -0.2) is 99.5 Å². The number of rotatable bonds is 22. The lowest BCUT2D eigenvalue weighted by Gasteiger charge is -2.34. The van der Waals surface area contributed by atoms with Crippen LogP contribution in [-0.2, 0) is 61.0 Å². The zero-order chi connectivity index (χ0) is 77.6. The van der Waals surface area contributed by atoms with E-state index < -0.39 is 0 Å². The SMILES string of the molecule is CC(C)C(=O)C1CCN(C(C)C)C1.CC(C)C(=O)C1CCN(C(C)C)CC1.CC(C)Cc1[nH+]n(C(C)C)nc1CC(C)(C)C.CC(C)Cc1cc(C(C)C)cc(CC(C)(C)C)n1.CC(C)Cc1nc2cc(C(C)C)ccc2nc1CC(C)(C)C.CC(C)Cc1nn(C(C)C)nc1CC(C)(C)C. The van der Waals surface area contributed by atoms with E-state index in [1.54, 1.807) is 0 Å². The van der Waals surface area contributed by atoms with Gasteiger partial charge >= 0.3 is 0 Å². The topological polar surface area (TPSA) is 142 Å². The lowest BCUT2D eigenvalue weighted by molar-refractivity contribution is -0.510. The van der Waals surface area contributed by atoms with Crippen LogP contribution in [0.2, 0.25) is 0 Å². The Kier molecular flexibility index (Phi) is 38.2. The number of nitrogens with zero attached hydrogens (tertiary/aromatic N) is 10. The van der Waals surface area contributed by atoms with Gasteiger partial charge in [-0.1, -0.05) is 200 Å². The Morgan fingerprint density at radius 2 is 0.832 bits per heavy atom. The molecule has 0 bridgehead atoms. The second-order valence-electron chi connectivity index (χ2n) is 39.1. The fraction of sp³-hybridized carbons (Fsp3) is 0.784. The van der Waals surface area contributed by atoms with E-state index >= 15 is 0 Å². The molecular formula is C88H158N11O2+. The van der Waals surface area contributed by atoms with Gasteiger partial charge in [0.05, 0.1) is 39.9 Å². The minimum atomic E-state index is 0.206. The third-order valence-electron chi connectivity index (χ3n) is 18.1. The summed E-state index contributed by atoms with van der Waals surface area (Å²) >= 11 is 0. The van der Waals surface area contributed by atoms with Crippen molar-refractivity contribution in [1.82, 2.24) is 49.6 Å². The predicted molar refractivity (Wildman–Crippen MR) is 432 cm³/mol. The van der Waals surface area contributed by atoms with Gasteiger partial charge in [-0.2, -0.15) is 20.1 Å². The van der Waals surface area contributed by atoms with Crippen molar-refractivity contribution in [2.75, 3.05) is 26.2 Å². The van der Waals surface area contributed by atoms with Gasteiger partial charge in [-0.25, -0.2) is 9.97 Å². The van der Waals surface area contributed by atoms with Crippen LogP contribution < -0.4 is 5.10 Å². The summed E-state index contributed by atoms with van der Waals surface area (Å²) < 4.78 is 0. The standard InChI is InChI=1S/C20H30N2.C17H29N.2C14H27N3.C12H23NO.C11H21NO/c1-13(2)10-17-19(12-20(5,6)7)21-16-9-8-15(14(3)4)11-18(16)22-17;1-12(2)8-15-9-14(13(3)4)10-16(18-15)11-17(5,6)7;2*1-10(2)8-12-13(9-14(5,6)7)16-17(15-12)11(3)4;1-9(2)12(14)11-5-7-13(8-6-11)10(3)4;1-8(2)11(13)10-5-6-12(7-10)9(3)4/h8-9,11,13-14H,10,12H2,1-7H3;9-10,12-13H,8,11H2,1-7H3;2*10-11H,8-9H2,1-7H3;9-11H,5-8H2,1-4H3;8-10H,5-7H2,1-4H3/p+1. The van der Waals surface area contributed by atoms with Crippen molar-refractivity contribution in [2.45, 2.75) is 356 Å². The van der Waals surface area contributed by atoms with Crippen molar-refractivity contribution < 1.29 is 14.7 Å². The summed E-state index contributed by atoms with van der Waals surface area (Å²) in [6.45, 7) is 83.8. The second kappa shape index (κ2) is 41.8. The smallest absolute Gasteiger partial charge is 0.222 e. The Morgan fingerprint density at radius 1 is 0.406 bits per heavy atom. The number of benzene rings is 1. The molecule has 0 amide bonds. The molecule has 1 unspecified atom stereocenters. The molecule has 2 fully saturated rings. The number of aromatic nitrogens is 9. The number of Topliss-reactive ketones (excluding diaryl/α,β-unsaturated/α-hetero) is 2. The fourth-order valence-corrected chi connectivity index (χ4v) is 12.7. The van der Waals surface area contributed by atoms with Crippen LogP contribution in [0.1, 0.15) is 349 Å². The van der Waals surface area contributed by atoms with Gasteiger partial charge in [-0.3, -0.25) is 14.6 Å². The molecule has 5 aromatic rings. The summed E-state index contributed by atoms with van der Waals surface area (Å²) in [5, 5.41) is 17.4. The lowest BCUT2D eigenvalue weighted by atomic mass is 9.87. The Morgan fingerprint density at radius 3 is 1.27 bits per heavy atom.